The van der Waals surface area contributed by atoms with Crippen molar-refractivity contribution >= 4 is 15.8 Å². The lowest BCUT2D eigenvalue weighted by Gasteiger charge is -1.99. The minimum Gasteiger partial charge on any atom is -0.459 e. The molecule has 1 saturated heterocycles. The minimum absolute atomic E-state index is 0.00252. The van der Waals surface area contributed by atoms with Crippen LogP contribution in [0.5, 0.6) is 0 Å². The molecule has 1 aromatic heterocycles. The van der Waals surface area contributed by atoms with Crippen molar-refractivity contribution in [3.63, 3.8) is 0 Å². The Morgan fingerprint density at radius 3 is 2.88 bits per heavy atom. The van der Waals surface area contributed by atoms with Gasteiger partial charge in [0.15, 0.2) is 9.84 Å². The van der Waals surface area contributed by atoms with E-state index < -0.39 is 15.8 Å². The molecule has 1 aliphatic rings. The normalized spacial score (nSPS) is 22.5. The fraction of sp³-hybridized carbons (Fsp3) is 0.667. The molecule has 0 N–H and O–H groups in total. The second-order valence-electron chi connectivity index (χ2n) is 3.77. The molecular weight excluding hydrogens is 248 g/mol. The van der Waals surface area contributed by atoms with Crippen molar-refractivity contribution in [1.82, 2.24) is 10.2 Å². The zero-order chi connectivity index (χ0) is 12.5. The van der Waals surface area contributed by atoms with Crippen molar-refractivity contribution in [2.24, 2.45) is 0 Å². The van der Waals surface area contributed by atoms with E-state index in [1.807, 2.05) is 0 Å². The molecule has 0 saturated carbocycles. The Morgan fingerprint density at radius 2 is 2.29 bits per heavy atom. The predicted molar refractivity (Wildman–Crippen MR) is 56.3 cm³/mol. The standard InChI is InChI=1S/C9H12N2O5S/c1-2-15-9(12)8-11-10-7(16-8)6-3-4-17(13,14)5-6/h6H,2-5H2,1H3. The average molecular weight is 260 g/mol. The highest BCUT2D eigenvalue weighted by Crippen LogP contribution is 2.27. The molecular formula is C9H12N2O5S. The molecule has 1 aliphatic heterocycles. The average Bonchev–Trinajstić information content (AvgIpc) is 2.84. The number of sulfone groups is 1. The minimum atomic E-state index is -3.01. The van der Waals surface area contributed by atoms with Crippen molar-refractivity contribution in [2.45, 2.75) is 19.3 Å². The van der Waals surface area contributed by atoms with Gasteiger partial charge in [-0.1, -0.05) is 0 Å². The first-order valence-corrected chi connectivity index (χ1v) is 7.05. The zero-order valence-electron chi connectivity index (χ0n) is 9.25. The van der Waals surface area contributed by atoms with Crippen LogP contribution in [0.15, 0.2) is 4.42 Å². The van der Waals surface area contributed by atoms with Gasteiger partial charge in [-0.15, -0.1) is 10.2 Å². The van der Waals surface area contributed by atoms with Crippen LogP contribution in [0, 0.1) is 0 Å². The molecule has 2 rings (SSSR count). The zero-order valence-corrected chi connectivity index (χ0v) is 10.1. The van der Waals surface area contributed by atoms with Crippen LogP contribution in [-0.4, -0.2) is 42.7 Å². The Labute approximate surface area is 98.1 Å². The summed E-state index contributed by atoms with van der Waals surface area (Å²) in [5, 5.41) is 7.23. The van der Waals surface area contributed by atoms with Gasteiger partial charge in [-0.2, -0.15) is 0 Å². The molecule has 0 aliphatic carbocycles. The molecule has 0 amide bonds. The lowest BCUT2D eigenvalue weighted by atomic mass is 10.1. The van der Waals surface area contributed by atoms with E-state index in [2.05, 4.69) is 10.2 Å². The number of esters is 1. The SMILES string of the molecule is CCOC(=O)c1nnc(C2CCS(=O)(=O)C2)o1. The molecule has 1 fully saturated rings. The predicted octanol–water partition coefficient (Wildman–Crippen LogP) is 0.148. The third-order valence-electron chi connectivity index (χ3n) is 2.47. The van der Waals surface area contributed by atoms with Crippen LogP contribution in [-0.2, 0) is 14.6 Å². The summed E-state index contributed by atoms with van der Waals surface area (Å²) in [6, 6.07) is 0. The number of hydrogen-bond acceptors (Lipinski definition) is 7. The van der Waals surface area contributed by atoms with Gasteiger partial charge in [0.2, 0.25) is 5.89 Å². The Morgan fingerprint density at radius 1 is 1.53 bits per heavy atom. The highest BCUT2D eigenvalue weighted by atomic mass is 32.2. The Bertz CT molecular complexity index is 521. The van der Waals surface area contributed by atoms with Gasteiger partial charge < -0.3 is 9.15 Å². The lowest BCUT2D eigenvalue weighted by molar-refractivity contribution is 0.0478. The van der Waals surface area contributed by atoms with Crippen molar-refractivity contribution in [2.75, 3.05) is 18.1 Å². The maximum Gasteiger partial charge on any atom is 0.396 e. The number of carbonyl (C=O) groups is 1. The first kappa shape index (κ1) is 12.0. The maximum absolute atomic E-state index is 11.3. The largest absolute Gasteiger partial charge is 0.459 e. The monoisotopic (exact) mass is 260 g/mol. The summed E-state index contributed by atoms with van der Waals surface area (Å²) in [5.74, 6) is -0.922. The van der Waals surface area contributed by atoms with Gasteiger partial charge in [0, 0.05) is 0 Å². The van der Waals surface area contributed by atoms with Crippen molar-refractivity contribution in [1.29, 1.82) is 0 Å². The Balaban J connectivity index is 2.11. The van der Waals surface area contributed by atoms with E-state index in [1.165, 1.54) is 0 Å². The summed E-state index contributed by atoms with van der Waals surface area (Å²) >= 11 is 0. The summed E-state index contributed by atoms with van der Waals surface area (Å²) in [5.41, 5.74) is 0. The summed E-state index contributed by atoms with van der Waals surface area (Å²) in [7, 11) is -3.01. The molecule has 0 spiro atoms. The van der Waals surface area contributed by atoms with E-state index in [1.54, 1.807) is 6.92 Å². The first-order valence-electron chi connectivity index (χ1n) is 5.23. The van der Waals surface area contributed by atoms with Gasteiger partial charge >= 0.3 is 11.9 Å². The van der Waals surface area contributed by atoms with Crippen LogP contribution < -0.4 is 0 Å². The Hall–Kier alpha value is -1.44. The summed E-state index contributed by atoms with van der Waals surface area (Å²) in [6.45, 7) is 1.88. The fourth-order valence-corrected chi connectivity index (χ4v) is 3.40. The van der Waals surface area contributed by atoms with Crippen molar-refractivity contribution in [3.8, 4) is 0 Å². The van der Waals surface area contributed by atoms with Crippen LogP contribution in [0.25, 0.3) is 0 Å². The van der Waals surface area contributed by atoms with Crippen LogP contribution >= 0.6 is 0 Å². The molecule has 7 nitrogen and oxygen atoms in total. The van der Waals surface area contributed by atoms with Gasteiger partial charge in [-0.3, -0.25) is 0 Å². The number of rotatable bonds is 3. The number of nitrogens with zero attached hydrogens (tertiary/aromatic N) is 2. The van der Waals surface area contributed by atoms with Gasteiger partial charge in [0.05, 0.1) is 24.0 Å². The molecule has 0 bridgehead atoms. The number of ether oxygens (including phenoxy) is 1. The third-order valence-corrected chi connectivity index (χ3v) is 4.24. The third kappa shape index (κ3) is 2.63. The molecule has 1 aromatic rings. The maximum atomic E-state index is 11.3. The number of hydrogen-bond donors (Lipinski definition) is 0. The fourth-order valence-electron chi connectivity index (χ4n) is 1.66. The van der Waals surface area contributed by atoms with Crippen molar-refractivity contribution in [3.05, 3.63) is 11.8 Å². The molecule has 8 heteroatoms. The van der Waals surface area contributed by atoms with Crippen LogP contribution in [0.4, 0.5) is 0 Å². The van der Waals surface area contributed by atoms with E-state index in [4.69, 9.17) is 9.15 Å². The smallest absolute Gasteiger partial charge is 0.396 e. The Kier molecular flexibility index (Phi) is 3.14. The second kappa shape index (κ2) is 4.44. The highest BCUT2D eigenvalue weighted by molar-refractivity contribution is 7.91. The molecule has 94 valence electrons. The molecule has 17 heavy (non-hydrogen) atoms. The summed E-state index contributed by atoms with van der Waals surface area (Å²) in [4.78, 5) is 11.3. The van der Waals surface area contributed by atoms with Gasteiger partial charge in [-0.25, -0.2) is 13.2 Å². The summed E-state index contributed by atoms with van der Waals surface area (Å²) in [6.07, 6.45) is 0.451. The molecule has 0 radical (unpaired) electrons. The number of carbonyl (C=O) groups excluding carboxylic acids is 1. The summed E-state index contributed by atoms with van der Waals surface area (Å²) < 4.78 is 32.4. The van der Waals surface area contributed by atoms with Gasteiger partial charge in [0.25, 0.3) is 0 Å². The van der Waals surface area contributed by atoms with E-state index in [0.717, 1.165) is 0 Å². The van der Waals surface area contributed by atoms with Gasteiger partial charge in [-0.05, 0) is 13.3 Å². The highest BCUT2D eigenvalue weighted by Gasteiger charge is 2.33. The topological polar surface area (TPSA) is 99.4 Å². The van der Waals surface area contributed by atoms with Crippen LogP contribution in [0.3, 0.4) is 0 Å². The molecule has 1 atom stereocenters. The number of aromatic nitrogens is 2. The quantitative estimate of drug-likeness (QED) is 0.713. The van der Waals surface area contributed by atoms with Crippen LogP contribution in [0.2, 0.25) is 0 Å². The van der Waals surface area contributed by atoms with Crippen LogP contribution in [0.1, 0.15) is 35.8 Å². The van der Waals surface area contributed by atoms with E-state index in [9.17, 15) is 13.2 Å². The van der Waals surface area contributed by atoms with Crippen molar-refractivity contribution < 1.29 is 22.4 Å². The molecule has 1 unspecified atom stereocenters. The van der Waals surface area contributed by atoms with E-state index in [0.29, 0.717) is 6.42 Å². The first-order chi connectivity index (χ1) is 8.02. The van der Waals surface area contributed by atoms with E-state index >= 15 is 0 Å². The van der Waals surface area contributed by atoms with E-state index in [-0.39, 0.29) is 35.8 Å². The lowest BCUT2D eigenvalue weighted by Crippen LogP contribution is -2.05. The van der Waals surface area contributed by atoms with Gasteiger partial charge in [0.1, 0.15) is 0 Å². The molecule has 2 heterocycles. The molecule has 0 aromatic carbocycles. The second-order valence-corrected chi connectivity index (χ2v) is 5.99.